The third-order valence-electron chi connectivity index (χ3n) is 3.88. The van der Waals surface area contributed by atoms with Gasteiger partial charge in [-0.1, -0.05) is 5.11 Å². The third kappa shape index (κ3) is 11.3. The summed E-state index contributed by atoms with van der Waals surface area (Å²) in [4.78, 5) is 38.4. The summed E-state index contributed by atoms with van der Waals surface area (Å²) in [5, 5.41) is 41.7. The molecule has 35 heavy (non-hydrogen) atoms. The topological polar surface area (TPSA) is 276 Å². The number of carboxylic acids is 2. The molecule has 0 spiro atoms. The Morgan fingerprint density at radius 1 is 1.34 bits per heavy atom. The van der Waals surface area contributed by atoms with E-state index in [4.69, 9.17) is 36.4 Å². The van der Waals surface area contributed by atoms with E-state index in [0.717, 1.165) is 6.08 Å². The highest BCUT2D eigenvalue weighted by molar-refractivity contribution is 5.85. The molecule has 9 N–H and O–H groups in total. The lowest BCUT2D eigenvalue weighted by Gasteiger charge is -2.40. The van der Waals surface area contributed by atoms with Gasteiger partial charge >= 0.3 is 18.1 Å². The highest BCUT2D eigenvalue weighted by Gasteiger charge is 2.45. The van der Waals surface area contributed by atoms with E-state index in [0.29, 0.717) is 0 Å². The highest BCUT2D eigenvalue weighted by atomic mass is 19.4. The molecule has 0 unspecified atom stereocenters. The Morgan fingerprint density at radius 3 is 2.31 bits per heavy atom. The molecule has 19 heteroatoms. The molecule has 0 saturated heterocycles. The molecule has 0 aromatic heterocycles. The van der Waals surface area contributed by atoms with Crippen LogP contribution in [-0.2, 0) is 23.9 Å². The zero-order valence-electron chi connectivity index (χ0n) is 18.0. The van der Waals surface area contributed by atoms with Crippen molar-refractivity contribution in [2.24, 2.45) is 21.6 Å². The van der Waals surface area contributed by atoms with Gasteiger partial charge in [0.1, 0.15) is 12.2 Å². The molecule has 0 bridgehead atoms. The van der Waals surface area contributed by atoms with Crippen molar-refractivity contribution in [3.05, 3.63) is 22.3 Å². The van der Waals surface area contributed by atoms with Crippen LogP contribution in [0.2, 0.25) is 0 Å². The van der Waals surface area contributed by atoms with Crippen molar-refractivity contribution in [2.45, 2.75) is 43.5 Å². The Kier molecular flexibility index (Phi) is 12.9. The summed E-state index contributed by atoms with van der Waals surface area (Å²) < 4.78 is 42.6. The van der Waals surface area contributed by atoms with Gasteiger partial charge in [-0.25, -0.2) is 14.6 Å². The Labute approximate surface area is 194 Å². The van der Waals surface area contributed by atoms with Crippen molar-refractivity contribution in [3.63, 3.8) is 0 Å². The van der Waals surface area contributed by atoms with Gasteiger partial charge in [0.05, 0.1) is 25.3 Å². The predicted octanol–water partition coefficient (Wildman–Crippen LogP) is -1.82. The maximum atomic E-state index is 11.6. The average Bonchev–Trinajstić information content (AvgIpc) is 2.73. The maximum absolute atomic E-state index is 11.6. The number of aliphatic hydroxyl groups is 2. The number of guanidine groups is 1. The number of aliphatic hydroxyl groups excluding tert-OH is 2. The van der Waals surface area contributed by atoms with Crippen LogP contribution >= 0.6 is 0 Å². The number of ether oxygens (including phenoxy) is 2. The zero-order chi connectivity index (χ0) is 27.3. The van der Waals surface area contributed by atoms with Crippen LogP contribution in [0.3, 0.4) is 0 Å². The third-order valence-corrected chi connectivity index (χ3v) is 3.88. The number of rotatable bonds is 10. The first kappa shape index (κ1) is 31.2. The van der Waals surface area contributed by atoms with Gasteiger partial charge in [-0.3, -0.25) is 4.79 Å². The first-order valence-electron chi connectivity index (χ1n) is 9.34. The average molecular weight is 515 g/mol. The van der Waals surface area contributed by atoms with Gasteiger partial charge in [0.25, 0.3) is 0 Å². The molecule has 1 heterocycles. The van der Waals surface area contributed by atoms with Crippen LogP contribution in [0.15, 0.2) is 21.9 Å². The van der Waals surface area contributed by atoms with E-state index in [1.165, 1.54) is 6.92 Å². The van der Waals surface area contributed by atoms with E-state index in [2.05, 4.69) is 20.3 Å². The number of hydrogen-bond acceptors (Lipinski definition) is 9. The monoisotopic (exact) mass is 515 g/mol. The minimum atomic E-state index is -5.08. The number of aliphatic carboxylic acids is 2. The second kappa shape index (κ2) is 14.5. The van der Waals surface area contributed by atoms with Crippen LogP contribution in [0.5, 0.6) is 0 Å². The lowest BCUT2D eigenvalue weighted by molar-refractivity contribution is -0.192. The summed E-state index contributed by atoms with van der Waals surface area (Å²) in [7, 11) is 0. The van der Waals surface area contributed by atoms with E-state index in [9.17, 15) is 38.1 Å². The number of nitrogens with one attached hydrogen (secondary N) is 1. The molecule has 1 rings (SSSR count). The first-order chi connectivity index (χ1) is 16.1. The molecule has 1 aliphatic heterocycles. The molecule has 0 radical (unpaired) electrons. The Balaban J connectivity index is 0.00000143. The second-order valence-electron chi connectivity index (χ2n) is 6.53. The molecule has 0 saturated carbocycles. The molecule has 16 nitrogen and oxygen atoms in total. The van der Waals surface area contributed by atoms with Gasteiger partial charge in [0.2, 0.25) is 11.7 Å². The standard InChI is InChI=1S/C14H23N7O7.C2HF3O2/c1-6(23)19-10-7(20-14(15)16)4-9(13(25)26)28-12(10)11(8(24)5-22)27-3-2-18-21-17;3-2(4,5)1(6)7/h4,7-8,10-12,22,24H,2-3,5H2,1H3,(H,19,23)(H,25,26)(H4,15,16,20);(H,6,7)/t7-,8+,10+,11+,12+;/m0./s1. The fourth-order valence-electron chi connectivity index (χ4n) is 2.60. The number of aliphatic imine (C=N–C) groups is 1. The van der Waals surface area contributed by atoms with E-state index >= 15 is 0 Å². The van der Waals surface area contributed by atoms with Crippen LogP contribution in [0, 0.1) is 0 Å². The van der Waals surface area contributed by atoms with Gasteiger partial charge in [-0.05, 0) is 11.6 Å². The predicted molar refractivity (Wildman–Crippen MR) is 108 cm³/mol. The van der Waals surface area contributed by atoms with Crippen molar-refractivity contribution in [1.29, 1.82) is 0 Å². The van der Waals surface area contributed by atoms with Crippen LogP contribution in [0.1, 0.15) is 6.92 Å². The molecular formula is C16H24F3N7O9. The number of amides is 1. The van der Waals surface area contributed by atoms with Crippen molar-refractivity contribution in [2.75, 3.05) is 19.8 Å². The van der Waals surface area contributed by atoms with Gasteiger partial charge in [-0.2, -0.15) is 13.2 Å². The summed E-state index contributed by atoms with van der Waals surface area (Å²) in [6, 6.07) is -2.08. The quantitative estimate of drug-likeness (QED) is 0.0425. The second-order valence-corrected chi connectivity index (χ2v) is 6.53. The molecule has 1 aliphatic rings. The molecule has 5 atom stereocenters. The Hall–Kier alpha value is -3.80. The minimum Gasteiger partial charge on any atom is -0.478 e. The molecule has 0 aliphatic carbocycles. The molecule has 0 aromatic rings. The lowest BCUT2D eigenvalue weighted by atomic mass is 9.92. The van der Waals surface area contributed by atoms with Crippen LogP contribution in [0.25, 0.3) is 10.4 Å². The number of carboxylic acid groups (broad SMARTS) is 2. The molecule has 0 fully saturated rings. The smallest absolute Gasteiger partial charge is 0.478 e. The van der Waals surface area contributed by atoms with E-state index in [1.807, 2.05) is 0 Å². The number of hydrogen-bond donors (Lipinski definition) is 7. The number of nitrogens with zero attached hydrogens (tertiary/aromatic N) is 4. The molecule has 0 aromatic carbocycles. The fraction of sp³-hybridized carbons (Fsp3) is 0.625. The number of carbonyl (C=O) groups is 3. The van der Waals surface area contributed by atoms with E-state index in [-0.39, 0.29) is 19.1 Å². The van der Waals surface area contributed by atoms with Gasteiger partial charge in [0.15, 0.2) is 12.1 Å². The minimum absolute atomic E-state index is 0.0956. The van der Waals surface area contributed by atoms with Crippen LogP contribution < -0.4 is 16.8 Å². The molecule has 198 valence electrons. The Morgan fingerprint density at radius 2 is 1.91 bits per heavy atom. The summed E-state index contributed by atoms with van der Waals surface area (Å²) in [6.07, 6.45) is -8.10. The molecule has 1 amide bonds. The van der Waals surface area contributed by atoms with Crippen molar-refractivity contribution in [3.8, 4) is 0 Å². The maximum Gasteiger partial charge on any atom is 0.490 e. The largest absolute Gasteiger partial charge is 0.490 e. The summed E-state index contributed by atoms with van der Waals surface area (Å²) in [5.74, 6) is -5.60. The number of carbonyl (C=O) groups excluding carboxylic acids is 1. The van der Waals surface area contributed by atoms with E-state index < -0.39 is 66.8 Å². The van der Waals surface area contributed by atoms with Crippen LogP contribution in [-0.4, -0.2) is 101 Å². The van der Waals surface area contributed by atoms with E-state index in [1.54, 1.807) is 0 Å². The number of halogens is 3. The van der Waals surface area contributed by atoms with Crippen LogP contribution in [0.4, 0.5) is 13.2 Å². The van der Waals surface area contributed by atoms with Crippen molar-refractivity contribution < 1.29 is 57.5 Å². The summed E-state index contributed by atoms with van der Waals surface area (Å²) >= 11 is 0. The number of azide groups is 1. The molecular weight excluding hydrogens is 491 g/mol. The van der Waals surface area contributed by atoms with Gasteiger partial charge in [0, 0.05) is 18.4 Å². The number of nitrogens with two attached hydrogens (primary N) is 2. The first-order valence-corrected chi connectivity index (χ1v) is 9.34. The number of alkyl halides is 3. The summed E-state index contributed by atoms with van der Waals surface area (Å²) in [5.41, 5.74) is 19.1. The van der Waals surface area contributed by atoms with Gasteiger partial charge in [-0.15, -0.1) is 0 Å². The zero-order valence-corrected chi connectivity index (χ0v) is 18.0. The van der Waals surface area contributed by atoms with Gasteiger partial charge < -0.3 is 46.7 Å². The lowest BCUT2D eigenvalue weighted by Crippen LogP contribution is -2.60. The van der Waals surface area contributed by atoms with Crippen molar-refractivity contribution >= 4 is 23.8 Å². The fourth-order valence-corrected chi connectivity index (χ4v) is 2.60. The van der Waals surface area contributed by atoms with Crippen molar-refractivity contribution in [1.82, 2.24) is 5.32 Å². The summed E-state index contributed by atoms with van der Waals surface area (Å²) in [6.45, 7) is 0.192. The highest BCUT2D eigenvalue weighted by Crippen LogP contribution is 2.26. The SMILES string of the molecule is CC(=O)N[C@H]1[C@H]([C@H](OCCN=[N+]=[N-])[C@H](O)CO)OC(C(=O)O)=C[C@@H]1N=C(N)N.O=C(O)C(F)(F)F. The normalized spacial score (nSPS) is 20.9. The Bertz CT molecular complexity index is 858.